The van der Waals surface area contributed by atoms with E-state index in [-0.39, 0.29) is 24.6 Å². The summed E-state index contributed by atoms with van der Waals surface area (Å²) < 4.78 is 14.7. The predicted molar refractivity (Wildman–Crippen MR) is 83.7 cm³/mol. The number of carboxylic acid groups (broad SMARTS) is 1. The average molecular weight is 331 g/mol. The van der Waals surface area contributed by atoms with Crippen LogP contribution in [-0.4, -0.2) is 38.2 Å². The summed E-state index contributed by atoms with van der Waals surface area (Å²) in [7, 11) is 0. The lowest BCUT2D eigenvalue weighted by atomic mass is 10.1. The van der Waals surface area contributed by atoms with Gasteiger partial charge in [-0.3, -0.25) is 14.3 Å². The van der Waals surface area contributed by atoms with E-state index in [2.05, 4.69) is 5.10 Å². The number of halogens is 1. The number of benzene rings is 1. The van der Waals surface area contributed by atoms with Gasteiger partial charge in [-0.25, -0.2) is 4.39 Å². The van der Waals surface area contributed by atoms with E-state index in [0.29, 0.717) is 26.1 Å². The molecular weight excluding hydrogens is 313 g/mol. The Balaban J connectivity index is 1.62. The first-order chi connectivity index (χ1) is 11.5. The van der Waals surface area contributed by atoms with Crippen molar-refractivity contribution in [3.05, 3.63) is 53.1 Å². The first-order valence-electron chi connectivity index (χ1n) is 7.81. The fraction of sp³-hybridized carbons (Fsp3) is 0.353. The van der Waals surface area contributed by atoms with Crippen LogP contribution >= 0.6 is 0 Å². The highest BCUT2D eigenvalue weighted by Crippen LogP contribution is 2.16. The maximum atomic E-state index is 12.9. The van der Waals surface area contributed by atoms with Crippen LogP contribution in [0.3, 0.4) is 0 Å². The smallest absolute Gasteiger partial charge is 0.303 e. The lowest BCUT2D eigenvalue weighted by Crippen LogP contribution is -2.39. The van der Waals surface area contributed by atoms with Gasteiger partial charge in [-0.15, -0.1) is 0 Å². The number of carbonyl (C=O) groups excluding carboxylic acids is 1. The second-order valence-corrected chi connectivity index (χ2v) is 5.86. The molecule has 3 rings (SSSR count). The SMILES string of the molecule is O=C(O)CCc1cc2n(n1)CCN(C(=O)Cc1ccc(F)cc1)C2. The molecule has 0 atom stereocenters. The summed E-state index contributed by atoms with van der Waals surface area (Å²) in [4.78, 5) is 24.8. The van der Waals surface area contributed by atoms with Crippen molar-refractivity contribution in [3.63, 3.8) is 0 Å². The van der Waals surface area contributed by atoms with Gasteiger partial charge in [0.25, 0.3) is 0 Å². The minimum Gasteiger partial charge on any atom is -0.481 e. The number of aliphatic carboxylic acids is 1. The second-order valence-electron chi connectivity index (χ2n) is 5.86. The Bertz CT molecular complexity index is 755. The van der Waals surface area contributed by atoms with Gasteiger partial charge in [0.2, 0.25) is 5.91 Å². The molecule has 1 aromatic heterocycles. The van der Waals surface area contributed by atoms with Crippen molar-refractivity contribution in [2.24, 2.45) is 0 Å². The number of aryl methyl sites for hydroxylation is 1. The van der Waals surface area contributed by atoms with E-state index < -0.39 is 5.97 Å². The molecule has 1 N–H and O–H groups in total. The molecule has 0 aliphatic carbocycles. The molecular formula is C17H18FN3O3. The monoisotopic (exact) mass is 331 g/mol. The number of amides is 1. The van der Waals surface area contributed by atoms with Gasteiger partial charge < -0.3 is 10.0 Å². The topological polar surface area (TPSA) is 75.4 Å². The van der Waals surface area contributed by atoms with Crippen LogP contribution in [0.4, 0.5) is 4.39 Å². The van der Waals surface area contributed by atoms with Gasteiger partial charge in [-0.1, -0.05) is 12.1 Å². The Morgan fingerprint density at radius 3 is 2.67 bits per heavy atom. The molecule has 0 bridgehead atoms. The van der Waals surface area contributed by atoms with E-state index in [0.717, 1.165) is 17.0 Å². The van der Waals surface area contributed by atoms with Crippen LogP contribution in [0, 0.1) is 5.82 Å². The summed E-state index contributed by atoms with van der Waals surface area (Å²) in [5.74, 6) is -1.18. The maximum absolute atomic E-state index is 12.9. The van der Waals surface area contributed by atoms with Crippen LogP contribution < -0.4 is 0 Å². The number of rotatable bonds is 5. The highest BCUT2D eigenvalue weighted by atomic mass is 19.1. The van der Waals surface area contributed by atoms with Crippen molar-refractivity contribution in [1.82, 2.24) is 14.7 Å². The molecule has 1 aliphatic heterocycles. The maximum Gasteiger partial charge on any atom is 0.303 e. The standard InChI is InChI=1S/C17H18FN3O3/c18-13-3-1-12(2-4-13)9-16(22)20-7-8-21-15(11-20)10-14(19-21)5-6-17(23)24/h1-4,10H,5-9,11H2,(H,23,24). The number of aromatic nitrogens is 2. The van der Waals surface area contributed by atoms with E-state index >= 15 is 0 Å². The molecule has 2 heterocycles. The molecule has 24 heavy (non-hydrogen) atoms. The first kappa shape index (κ1) is 16.2. The third kappa shape index (κ3) is 3.79. The zero-order valence-corrected chi connectivity index (χ0v) is 13.1. The quantitative estimate of drug-likeness (QED) is 0.903. The van der Waals surface area contributed by atoms with E-state index in [9.17, 15) is 14.0 Å². The number of carbonyl (C=O) groups is 2. The molecule has 1 aromatic carbocycles. The van der Waals surface area contributed by atoms with E-state index in [1.54, 1.807) is 17.0 Å². The molecule has 7 heteroatoms. The minimum atomic E-state index is -0.850. The van der Waals surface area contributed by atoms with Crippen LogP contribution in [0.5, 0.6) is 0 Å². The molecule has 0 radical (unpaired) electrons. The van der Waals surface area contributed by atoms with Gasteiger partial charge in [-0.2, -0.15) is 5.10 Å². The molecule has 0 saturated heterocycles. The molecule has 2 aromatic rings. The summed E-state index contributed by atoms with van der Waals surface area (Å²) >= 11 is 0. The molecule has 6 nitrogen and oxygen atoms in total. The van der Waals surface area contributed by atoms with Crippen LogP contribution in [-0.2, 0) is 35.5 Å². The highest BCUT2D eigenvalue weighted by Gasteiger charge is 2.22. The van der Waals surface area contributed by atoms with Gasteiger partial charge in [0, 0.05) is 13.0 Å². The van der Waals surface area contributed by atoms with E-state index in [1.165, 1.54) is 12.1 Å². The fourth-order valence-corrected chi connectivity index (χ4v) is 2.78. The molecule has 0 saturated carbocycles. The van der Waals surface area contributed by atoms with E-state index in [4.69, 9.17) is 5.11 Å². The summed E-state index contributed by atoms with van der Waals surface area (Å²) in [5, 5.41) is 13.1. The van der Waals surface area contributed by atoms with Crippen molar-refractivity contribution in [3.8, 4) is 0 Å². The molecule has 0 unspecified atom stereocenters. The molecule has 126 valence electrons. The van der Waals surface area contributed by atoms with Gasteiger partial charge in [0.15, 0.2) is 0 Å². The number of nitrogens with zero attached hydrogens (tertiary/aromatic N) is 3. The Kier molecular flexibility index (Phi) is 4.59. The normalized spacial score (nSPS) is 13.6. The number of hydrogen-bond donors (Lipinski definition) is 1. The Morgan fingerprint density at radius 1 is 1.21 bits per heavy atom. The third-order valence-electron chi connectivity index (χ3n) is 4.06. The average Bonchev–Trinajstić information content (AvgIpc) is 2.97. The van der Waals surface area contributed by atoms with Crippen molar-refractivity contribution in [2.75, 3.05) is 6.54 Å². The lowest BCUT2D eigenvalue weighted by molar-refractivity contribution is -0.137. The van der Waals surface area contributed by atoms with Gasteiger partial charge in [0.05, 0.1) is 37.3 Å². The van der Waals surface area contributed by atoms with Crippen molar-refractivity contribution < 1.29 is 19.1 Å². The summed E-state index contributed by atoms with van der Waals surface area (Å²) in [6, 6.07) is 7.79. The van der Waals surface area contributed by atoms with Crippen LogP contribution in [0.25, 0.3) is 0 Å². The summed E-state index contributed by atoms with van der Waals surface area (Å²) in [6.45, 7) is 1.62. The molecule has 1 aliphatic rings. The molecule has 0 fully saturated rings. The zero-order chi connectivity index (χ0) is 17.1. The number of carboxylic acids is 1. The second kappa shape index (κ2) is 6.82. The van der Waals surface area contributed by atoms with Gasteiger partial charge >= 0.3 is 5.97 Å². The van der Waals surface area contributed by atoms with Crippen LogP contribution in [0.1, 0.15) is 23.4 Å². The lowest BCUT2D eigenvalue weighted by Gasteiger charge is -2.27. The third-order valence-corrected chi connectivity index (χ3v) is 4.06. The first-order valence-corrected chi connectivity index (χ1v) is 7.81. The highest BCUT2D eigenvalue weighted by molar-refractivity contribution is 5.78. The van der Waals surface area contributed by atoms with Gasteiger partial charge in [0.1, 0.15) is 5.82 Å². The van der Waals surface area contributed by atoms with Crippen LogP contribution in [0.2, 0.25) is 0 Å². The van der Waals surface area contributed by atoms with E-state index in [1.807, 2.05) is 10.7 Å². The van der Waals surface area contributed by atoms with Crippen LogP contribution in [0.15, 0.2) is 30.3 Å². The zero-order valence-electron chi connectivity index (χ0n) is 13.1. The van der Waals surface area contributed by atoms with Crippen molar-refractivity contribution >= 4 is 11.9 Å². The molecule has 1 amide bonds. The largest absolute Gasteiger partial charge is 0.481 e. The Morgan fingerprint density at radius 2 is 1.96 bits per heavy atom. The van der Waals surface area contributed by atoms with Crippen molar-refractivity contribution in [1.29, 1.82) is 0 Å². The Hall–Kier alpha value is -2.70. The summed E-state index contributed by atoms with van der Waals surface area (Å²) in [6.07, 6.45) is 0.669. The van der Waals surface area contributed by atoms with Gasteiger partial charge in [-0.05, 0) is 23.8 Å². The van der Waals surface area contributed by atoms with Crippen molar-refractivity contribution in [2.45, 2.75) is 32.4 Å². The Labute approximate surface area is 138 Å². The predicted octanol–water partition coefficient (Wildman–Crippen LogP) is 1.62. The minimum absolute atomic E-state index is 0.0128. The number of hydrogen-bond acceptors (Lipinski definition) is 3. The number of fused-ring (bicyclic) bond motifs is 1. The molecule has 0 spiro atoms. The summed E-state index contributed by atoms with van der Waals surface area (Å²) in [5.41, 5.74) is 2.43. The fourth-order valence-electron chi connectivity index (χ4n) is 2.78.